The summed E-state index contributed by atoms with van der Waals surface area (Å²) in [5.41, 5.74) is 2.71. The summed E-state index contributed by atoms with van der Waals surface area (Å²) >= 11 is 0. The summed E-state index contributed by atoms with van der Waals surface area (Å²) < 4.78 is 0. The van der Waals surface area contributed by atoms with E-state index in [0.717, 1.165) is 19.3 Å². The molecule has 0 radical (unpaired) electrons. The Kier molecular flexibility index (Phi) is 3.71. The molecule has 0 fully saturated rings. The zero-order valence-electron chi connectivity index (χ0n) is 10.9. The molecule has 0 spiro atoms. The van der Waals surface area contributed by atoms with Gasteiger partial charge < -0.3 is 5.32 Å². The molecular weight excluding hydrogens is 218 g/mol. The Balaban J connectivity index is 2.50. The summed E-state index contributed by atoms with van der Waals surface area (Å²) in [6, 6.07) is 8.94. The zero-order valence-corrected chi connectivity index (χ0v) is 10.9. The Bertz CT molecular complexity index is 448. The van der Waals surface area contributed by atoms with Crippen molar-refractivity contribution in [2.75, 3.05) is 5.32 Å². The first-order valence-corrected chi connectivity index (χ1v) is 6.47. The molecule has 1 aromatic rings. The molecule has 1 atom stereocenters. The van der Waals surface area contributed by atoms with Crippen molar-refractivity contribution in [1.29, 1.82) is 0 Å². The Morgan fingerprint density at radius 3 is 2.33 bits per heavy atom. The van der Waals surface area contributed by atoms with E-state index in [0.29, 0.717) is 6.04 Å². The van der Waals surface area contributed by atoms with Gasteiger partial charge in [-0.3, -0.25) is 0 Å². The third kappa shape index (κ3) is 1.90. The Labute approximate surface area is 110 Å². The van der Waals surface area contributed by atoms with Crippen LogP contribution < -0.4 is 5.32 Å². The van der Waals surface area contributed by atoms with Gasteiger partial charge in [0.05, 0.1) is 0 Å². The maximum Gasteiger partial charge on any atom is 0.0399 e. The van der Waals surface area contributed by atoms with Gasteiger partial charge in [0.2, 0.25) is 0 Å². The van der Waals surface area contributed by atoms with E-state index in [1.807, 2.05) is 18.2 Å². The van der Waals surface area contributed by atoms with E-state index in [-0.39, 0.29) is 5.41 Å². The molecule has 1 heterocycles. The average molecular weight is 239 g/mol. The minimum absolute atomic E-state index is 0.0777. The smallest absolute Gasteiger partial charge is 0.0399 e. The molecule has 0 amide bonds. The lowest BCUT2D eigenvalue weighted by atomic mass is 9.70. The van der Waals surface area contributed by atoms with Gasteiger partial charge in [-0.1, -0.05) is 36.4 Å². The van der Waals surface area contributed by atoms with Crippen molar-refractivity contribution in [1.82, 2.24) is 0 Å². The van der Waals surface area contributed by atoms with Crippen LogP contribution in [0, 0.1) is 0 Å². The number of fused-ring (bicyclic) bond motifs is 1. The van der Waals surface area contributed by atoms with Gasteiger partial charge in [0.15, 0.2) is 0 Å². The second-order valence-electron chi connectivity index (χ2n) is 4.91. The predicted octanol–water partition coefficient (Wildman–Crippen LogP) is 4.45. The Morgan fingerprint density at radius 1 is 1.06 bits per heavy atom. The van der Waals surface area contributed by atoms with Gasteiger partial charge >= 0.3 is 0 Å². The summed E-state index contributed by atoms with van der Waals surface area (Å²) in [4.78, 5) is 0. The van der Waals surface area contributed by atoms with Gasteiger partial charge in [0, 0.05) is 17.1 Å². The zero-order chi connectivity index (χ0) is 13.0. The quantitative estimate of drug-likeness (QED) is 0.723. The third-order valence-electron chi connectivity index (χ3n) is 3.88. The molecule has 18 heavy (non-hydrogen) atoms. The first-order chi connectivity index (χ1) is 8.78. The number of hydrogen-bond acceptors (Lipinski definition) is 1. The fourth-order valence-electron chi connectivity index (χ4n) is 3.11. The van der Waals surface area contributed by atoms with Crippen LogP contribution in [0.4, 0.5) is 5.69 Å². The molecule has 1 nitrogen and oxygen atoms in total. The number of rotatable bonds is 6. The van der Waals surface area contributed by atoms with Crippen LogP contribution in [0.1, 0.15) is 24.8 Å². The number of hydrogen-bond donors (Lipinski definition) is 1. The van der Waals surface area contributed by atoms with Crippen molar-refractivity contribution in [2.45, 2.75) is 30.7 Å². The molecule has 1 heteroatoms. The number of anilines is 1. The van der Waals surface area contributed by atoms with Crippen LogP contribution in [0.5, 0.6) is 0 Å². The second kappa shape index (κ2) is 5.26. The van der Waals surface area contributed by atoms with Crippen LogP contribution in [0.25, 0.3) is 0 Å². The molecule has 0 saturated heterocycles. The van der Waals surface area contributed by atoms with Crippen LogP contribution in [0.3, 0.4) is 0 Å². The lowest BCUT2D eigenvalue weighted by Gasteiger charge is -2.34. The van der Waals surface area contributed by atoms with Gasteiger partial charge in [-0.25, -0.2) is 0 Å². The summed E-state index contributed by atoms with van der Waals surface area (Å²) in [5, 5.41) is 3.63. The number of para-hydroxylation sites is 1. The van der Waals surface area contributed by atoms with Crippen molar-refractivity contribution in [3.63, 3.8) is 0 Å². The van der Waals surface area contributed by atoms with Crippen LogP contribution >= 0.6 is 0 Å². The topological polar surface area (TPSA) is 12.0 Å². The minimum atomic E-state index is 0.0777. The van der Waals surface area contributed by atoms with Gasteiger partial charge in [-0.05, 0) is 30.9 Å². The number of benzene rings is 1. The molecule has 2 rings (SSSR count). The second-order valence-corrected chi connectivity index (χ2v) is 4.91. The van der Waals surface area contributed by atoms with Gasteiger partial charge in [-0.2, -0.15) is 0 Å². The molecule has 1 aromatic carbocycles. The third-order valence-corrected chi connectivity index (χ3v) is 3.88. The molecule has 1 N–H and O–H groups in total. The van der Waals surface area contributed by atoms with Crippen LogP contribution in [-0.4, -0.2) is 6.04 Å². The highest BCUT2D eigenvalue weighted by Crippen LogP contribution is 2.47. The van der Waals surface area contributed by atoms with Gasteiger partial charge in [0.1, 0.15) is 0 Å². The molecule has 0 saturated carbocycles. The highest BCUT2D eigenvalue weighted by molar-refractivity contribution is 5.62. The van der Waals surface area contributed by atoms with Gasteiger partial charge in [-0.15, -0.1) is 19.7 Å². The number of allylic oxidation sites excluding steroid dienone is 2. The average Bonchev–Trinajstić information content (AvgIpc) is 2.66. The maximum absolute atomic E-state index is 3.93. The molecule has 0 aromatic heterocycles. The lowest BCUT2D eigenvalue weighted by Crippen LogP contribution is -2.37. The molecule has 0 bridgehead atoms. The predicted molar refractivity (Wildman–Crippen MR) is 80.0 cm³/mol. The first kappa shape index (κ1) is 12.7. The van der Waals surface area contributed by atoms with E-state index in [1.54, 1.807) is 0 Å². The van der Waals surface area contributed by atoms with Gasteiger partial charge in [0.25, 0.3) is 0 Å². The van der Waals surface area contributed by atoms with Crippen LogP contribution in [-0.2, 0) is 5.41 Å². The summed E-state index contributed by atoms with van der Waals surface area (Å²) in [7, 11) is 0. The molecule has 1 aliphatic rings. The van der Waals surface area contributed by atoms with E-state index in [2.05, 4.69) is 49.3 Å². The van der Waals surface area contributed by atoms with Crippen LogP contribution in [0.15, 0.2) is 62.2 Å². The van der Waals surface area contributed by atoms with Crippen molar-refractivity contribution >= 4 is 5.69 Å². The maximum atomic E-state index is 3.93. The summed E-state index contributed by atoms with van der Waals surface area (Å²) in [6.45, 7) is 11.7. The van der Waals surface area contributed by atoms with E-state index in [9.17, 15) is 0 Å². The highest BCUT2D eigenvalue weighted by atomic mass is 15.0. The molecule has 1 unspecified atom stereocenters. The van der Waals surface area contributed by atoms with Crippen molar-refractivity contribution in [3.8, 4) is 0 Å². The first-order valence-electron chi connectivity index (χ1n) is 6.47. The Morgan fingerprint density at radius 2 is 1.72 bits per heavy atom. The lowest BCUT2D eigenvalue weighted by molar-refractivity contribution is 0.389. The fourth-order valence-corrected chi connectivity index (χ4v) is 3.11. The fraction of sp³-hybridized carbons (Fsp3) is 0.294. The normalized spacial score (nSPS) is 19.7. The molecular formula is C17H21N. The molecule has 0 aliphatic carbocycles. The van der Waals surface area contributed by atoms with Crippen molar-refractivity contribution < 1.29 is 0 Å². The SMILES string of the molecule is C=CCC1Nc2ccccc2C1(CC=C)CC=C. The van der Waals surface area contributed by atoms with E-state index in [1.165, 1.54) is 11.3 Å². The van der Waals surface area contributed by atoms with E-state index in [4.69, 9.17) is 0 Å². The van der Waals surface area contributed by atoms with E-state index >= 15 is 0 Å². The summed E-state index contributed by atoms with van der Waals surface area (Å²) in [6.07, 6.45) is 8.90. The molecule has 1 aliphatic heterocycles. The standard InChI is InChI=1S/C17H21N/c1-4-9-16-17(12-5-2,13-6-3)14-10-7-8-11-15(14)18-16/h4-8,10-11,16,18H,1-3,9,12-13H2. The van der Waals surface area contributed by atoms with Crippen LogP contribution in [0.2, 0.25) is 0 Å². The van der Waals surface area contributed by atoms with Crippen molar-refractivity contribution in [3.05, 3.63) is 67.8 Å². The summed E-state index contributed by atoms with van der Waals surface area (Å²) in [5.74, 6) is 0. The largest absolute Gasteiger partial charge is 0.381 e. The van der Waals surface area contributed by atoms with E-state index < -0.39 is 0 Å². The number of nitrogens with one attached hydrogen (secondary N) is 1. The highest BCUT2D eigenvalue weighted by Gasteiger charge is 2.43. The monoisotopic (exact) mass is 239 g/mol. The van der Waals surface area contributed by atoms with Crippen molar-refractivity contribution in [2.24, 2.45) is 0 Å². The molecule has 94 valence electrons. The Hall–Kier alpha value is -1.76. The minimum Gasteiger partial charge on any atom is -0.381 e.